The second-order valence-corrected chi connectivity index (χ2v) is 5.07. The number of ether oxygens (including phenoxy) is 1. The molecule has 0 bridgehead atoms. The molecule has 21 heavy (non-hydrogen) atoms. The lowest BCUT2D eigenvalue weighted by atomic mass is 10.1. The van der Waals surface area contributed by atoms with E-state index in [4.69, 9.17) is 4.74 Å². The quantitative estimate of drug-likeness (QED) is 0.802. The van der Waals surface area contributed by atoms with Crippen LogP contribution in [-0.4, -0.2) is 50.3 Å². The molecule has 1 heterocycles. The van der Waals surface area contributed by atoms with Gasteiger partial charge in [0.15, 0.2) is 0 Å². The second-order valence-electron chi connectivity index (χ2n) is 5.07. The van der Waals surface area contributed by atoms with Crippen molar-refractivity contribution in [2.75, 3.05) is 39.1 Å². The van der Waals surface area contributed by atoms with E-state index in [1.54, 1.807) is 7.11 Å². The first kappa shape index (κ1) is 15.3. The molecule has 0 aromatic heterocycles. The van der Waals surface area contributed by atoms with Gasteiger partial charge in [0.1, 0.15) is 5.75 Å². The summed E-state index contributed by atoms with van der Waals surface area (Å²) in [6.07, 6.45) is 1.83. The van der Waals surface area contributed by atoms with Gasteiger partial charge < -0.3 is 15.0 Å². The SMILES string of the molecule is COc1ccccc1NCC(=O)NN=C1CCN(C)CC1. The summed E-state index contributed by atoms with van der Waals surface area (Å²) < 4.78 is 5.22. The Bertz CT molecular complexity index is 506. The third-order valence-electron chi connectivity index (χ3n) is 3.45. The highest BCUT2D eigenvalue weighted by molar-refractivity contribution is 5.88. The number of anilines is 1. The lowest BCUT2D eigenvalue weighted by Crippen LogP contribution is -2.33. The first-order chi connectivity index (χ1) is 10.2. The molecule has 1 aromatic rings. The van der Waals surface area contributed by atoms with Crippen LogP contribution in [0.1, 0.15) is 12.8 Å². The van der Waals surface area contributed by atoms with E-state index in [0.717, 1.165) is 37.3 Å². The molecule has 1 saturated heterocycles. The van der Waals surface area contributed by atoms with Crippen LogP contribution in [0.5, 0.6) is 5.75 Å². The maximum atomic E-state index is 11.8. The number of piperidine rings is 1. The van der Waals surface area contributed by atoms with Crippen LogP contribution in [-0.2, 0) is 4.79 Å². The first-order valence-corrected chi connectivity index (χ1v) is 7.08. The fraction of sp³-hybridized carbons (Fsp3) is 0.467. The standard InChI is InChI=1S/C15H22N4O2/c1-19-9-7-12(8-10-19)17-18-15(20)11-16-13-5-3-4-6-14(13)21-2/h3-6,16H,7-11H2,1-2H3,(H,18,20). The van der Waals surface area contributed by atoms with E-state index in [1.807, 2.05) is 24.3 Å². The van der Waals surface area contributed by atoms with E-state index < -0.39 is 0 Å². The molecule has 1 fully saturated rings. The van der Waals surface area contributed by atoms with Crippen LogP contribution < -0.4 is 15.5 Å². The molecule has 0 saturated carbocycles. The zero-order chi connectivity index (χ0) is 15.1. The lowest BCUT2D eigenvalue weighted by Gasteiger charge is -2.22. The van der Waals surface area contributed by atoms with Crippen molar-refractivity contribution in [1.29, 1.82) is 0 Å². The third kappa shape index (κ3) is 4.75. The Kier molecular flexibility index (Phi) is 5.57. The van der Waals surface area contributed by atoms with Crippen LogP contribution in [0.3, 0.4) is 0 Å². The molecule has 1 aromatic carbocycles. The average Bonchev–Trinajstić information content (AvgIpc) is 2.52. The zero-order valence-corrected chi connectivity index (χ0v) is 12.6. The van der Waals surface area contributed by atoms with E-state index in [-0.39, 0.29) is 12.5 Å². The number of nitrogens with one attached hydrogen (secondary N) is 2. The molecule has 114 valence electrons. The Hall–Kier alpha value is -2.08. The predicted molar refractivity (Wildman–Crippen MR) is 83.8 cm³/mol. The highest BCUT2D eigenvalue weighted by Crippen LogP contribution is 2.22. The number of benzene rings is 1. The van der Waals surface area contributed by atoms with Gasteiger partial charge in [0, 0.05) is 31.6 Å². The summed E-state index contributed by atoms with van der Waals surface area (Å²) in [7, 11) is 3.69. The van der Waals surface area contributed by atoms with Crippen molar-refractivity contribution in [1.82, 2.24) is 10.3 Å². The van der Waals surface area contributed by atoms with Crippen molar-refractivity contribution >= 4 is 17.3 Å². The number of para-hydroxylation sites is 2. The van der Waals surface area contributed by atoms with Crippen molar-refractivity contribution in [3.05, 3.63) is 24.3 Å². The van der Waals surface area contributed by atoms with Gasteiger partial charge in [-0.15, -0.1) is 0 Å². The number of hydrogen-bond acceptors (Lipinski definition) is 5. The van der Waals surface area contributed by atoms with Gasteiger partial charge in [0.2, 0.25) is 0 Å². The van der Waals surface area contributed by atoms with E-state index in [2.05, 4.69) is 27.8 Å². The number of likely N-dealkylation sites (tertiary alicyclic amines) is 1. The van der Waals surface area contributed by atoms with Gasteiger partial charge in [0.25, 0.3) is 5.91 Å². The molecular formula is C15H22N4O2. The molecule has 0 aliphatic carbocycles. The topological polar surface area (TPSA) is 66.0 Å². The van der Waals surface area contributed by atoms with Gasteiger partial charge >= 0.3 is 0 Å². The maximum Gasteiger partial charge on any atom is 0.259 e. The third-order valence-corrected chi connectivity index (χ3v) is 3.45. The summed E-state index contributed by atoms with van der Waals surface area (Å²) in [4.78, 5) is 14.0. The average molecular weight is 290 g/mol. The minimum Gasteiger partial charge on any atom is -0.495 e. The number of nitrogens with zero attached hydrogens (tertiary/aromatic N) is 2. The van der Waals surface area contributed by atoms with E-state index in [9.17, 15) is 4.79 Å². The van der Waals surface area contributed by atoms with E-state index >= 15 is 0 Å². The van der Waals surface area contributed by atoms with Crippen LogP contribution >= 0.6 is 0 Å². The summed E-state index contributed by atoms with van der Waals surface area (Å²) >= 11 is 0. The Labute approximate surface area is 125 Å². The Balaban J connectivity index is 1.78. The van der Waals surface area contributed by atoms with Gasteiger partial charge in [0.05, 0.1) is 19.3 Å². The molecule has 0 radical (unpaired) electrons. The van der Waals surface area contributed by atoms with Gasteiger partial charge in [-0.3, -0.25) is 4.79 Å². The molecule has 2 N–H and O–H groups in total. The Morgan fingerprint density at radius 3 is 2.76 bits per heavy atom. The van der Waals surface area contributed by atoms with Crippen molar-refractivity contribution in [3.63, 3.8) is 0 Å². The van der Waals surface area contributed by atoms with E-state index in [1.165, 1.54) is 0 Å². The maximum absolute atomic E-state index is 11.8. The number of methoxy groups -OCH3 is 1. The van der Waals surface area contributed by atoms with Crippen LogP contribution in [0, 0.1) is 0 Å². The molecular weight excluding hydrogens is 268 g/mol. The molecule has 2 rings (SSSR count). The number of amides is 1. The molecule has 1 aliphatic heterocycles. The smallest absolute Gasteiger partial charge is 0.259 e. The summed E-state index contributed by atoms with van der Waals surface area (Å²) in [5.41, 5.74) is 4.45. The van der Waals surface area contributed by atoms with Crippen molar-refractivity contribution in [3.8, 4) is 5.75 Å². The number of carbonyl (C=O) groups is 1. The summed E-state index contributed by atoms with van der Waals surface area (Å²) in [6.45, 7) is 2.15. The van der Waals surface area contributed by atoms with Gasteiger partial charge in [-0.25, -0.2) is 5.43 Å². The summed E-state index contributed by atoms with van der Waals surface area (Å²) in [5, 5.41) is 7.24. The molecule has 0 atom stereocenters. The molecule has 1 aliphatic rings. The number of carbonyl (C=O) groups excluding carboxylic acids is 1. The number of rotatable bonds is 5. The first-order valence-electron chi connectivity index (χ1n) is 7.08. The minimum atomic E-state index is -0.160. The normalized spacial score (nSPS) is 15.4. The monoisotopic (exact) mass is 290 g/mol. The summed E-state index contributed by atoms with van der Waals surface area (Å²) in [6, 6.07) is 7.49. The van der Waals surface area contributed by atoms with Crippen LogP contribution in [0.15, 0.2) is 29.4 Å². The molecule has 6 heteroatoms. The lowest BCUT2D eigenvalue weighted by molar-refractivity contribution is -0.119. The molecule has 0 unspecified atom stereocenters. The van der Waals surface area contributed by atoms with Gasteiger partial charge in [-0.2, -0.15) is 5.10 Å². The second kappa shape index (κ2) is 7.64. The fourth-order valence-corrected chi connectivity index (χ4v) is 2.14. The molecule has 0 spiro atoms. The Morgan fingerprint density at radius 2 is 2.05 bits per heavy atom. The number of hydrogen-bond donors (Lipinski definition) is 2. The Morgan fingerprint density at radius 1 is 1.33 bits per heavy atom. The molecule has 1 amide bonds. The predicted octanol–water partition coefficient (Wildman–Crippen LogP) is 1.30. The van der Waals surface area contributed by atoms with Crippen LogP contribution in [0.4, 0.5) is 5.69 Å². The van der Waals surface area contributed by atoms with Crippen molar-refractivity contribution < 1.29 is 9.53 Å². The number of hydrazone groups is 1. The summed E-state index contributed by atoms with van der Waals surface area (Å²) in [5.74, 6) is 0.555. The van der Waals surface area contributed by atoms with Crippen LogP contribution in [0.25, 0.3) is 0 Å². The largest absolute Gasteiger partial charge is 0.495 e. The van der Waals surface area contributed by atoms with Gasteiger partial charge in [-0.1, -0.05) is 12.1 Å². The van der Waals surface area contributed by atoms with Crippen molar-refractivity contribution in [2.24, 2.45) is 5.10 Å². The highest BCUT2D eigenvalue weighted by atomic mass is 16.5. The fourth-order valence-electron chi connectivity index (χ4n) is 2.14. The van der Waals surface area contributed by atoms with E-state index in [0.29, 0.717) is 5.75 Å². The highest BCUT2D eigenvalue weighted by Gasteiger charge is 2.11. The van der Waals surface area contributed by atoms with Crippen LogP contribution in [0.2, 0.25) is 0 Å². The zero-order valence-electron chi connectivity index (χ0n) is 12.6. The van der Waals surface area contributed by atoms with Gasteiger partial charge in [-0.05, 0) is 19.2 Å². The molecule has 6 nitrogen and oxygen atoms in total. The van der Waals surface area contributed by atoms with Crippen molar-refractivity contribution in [2.45, 2.75) is 12.8 Å². The minimum absolute atomic E-state index is 0.160.